The van der Waals surface area contributed by atoms with Crippen molar-refractivity contribution in [3.8, 4) is 5.75 Å². The maximum atomic E-state index is 14.2. The highest BCUT2D eigenvalue weighted by Crippen LogP contribution is 2.36. The van der Waals surface area contributed by atoms with Gasteiger partial charge in [0.2, 0.25) is 11.8 Å². The Morgan fingerprint density at radius 2 is 1.73 bits per heavy atom. The van der Waals surface area contributed by atoms with E-state index in [1.165, 1.54) is 56.2 Å². The summed E-state index contributed by atoms with van der Waals surface area (Å²) in [6, 6.07) is 13.4. The number of amides is 2. The quantitative estimate of drug-likeness (QED) is 0.203. The van der Waals surface area contributed by atoms with E-state index in [1.807, 2.05) is 0 Å². The molecule has 1 N–H and O–H groups in total. The van der Waals surface area contributed by atoms with Gasteiger partial charge in [0, 0.05) is 33.8 Å². The zero-order valence-electron chi connectivity index (χ0n) is 25.1. The van der Waals surface area contributed by atoms with Crippen molar-refractivity contribution in [3.05, 3.63) is 92.0 Å². The maximum absolute atomic E-state index is 14.2. The number of benzene rings is 3. The molecule has 236 valence electrons. The molecule has 3 aromatic rings. The van der Waals surface area contributed by atoms with Gasteiger partial charge in [-0.15, -0.1) is 0 Å². The molecular formula is C30H34Cl2N4O7S. The number of nitro benzene ring substituents is 1. The highest BCUT2D eigenvalue weighted by atomic mass is 35.5. The first-order valence-corrected chi connectivity index (χ1v) is 15.6. The average molecular weight is 666 g/mol. The minimum absolute atomic E-state index is 0.0727. The van der Waals surface area contributed by atoms with E-state index in [4.69, 9.17) is 27.9 Å². The number of carbonyl (C=O) groups is 2. The number of ether oxygens (including phenoxy) is 1. The molecule has 14 heteroatoms. The summed E-state index contributed by atoms with van der Waals surface area (Å²) in [7, 11) is -3.33. The number of aryl methyl sites for hydroxylation is 1. The topological polar surface area (TPSA) is 139 Å². The smallest absolute Gasteiger partial charge is 0.273 e. The molecule has 3 aromatic carbocycles. The summed E-state index contributed by atoms with van der Waals surface area (Å²) in [6.45, 7) is 7.45. The molecule has 0 heterocycles. The van der Waals surface area contributed by atoms with E-state index in [1.54, 1.807) is 45.0 Å². The number of nitro groups is 1. The lowest BCUT2D eigenvalue weighted by Gasteiger charge is -2.34. The summed E-state index contributed by atoms with van der Waals surface area (Å²) in [6.07, 6.45) is 0. The third-order valence-corrected chi connectivity index (χ3v) is 8.98. The number of anilines is 1. The molecule has 0 radical (unpaired) electrons. The van der Waals surface area contributed by atoms with Crippen LogP contribution in [0.2, 0.25) is 10.0 Å². The van der Waals surface area contributed by atoms with Gasteiger partial charge in [0.15, 0.2) is 0 Å². The SMILES string of the molecule is COc1ccc(Cl)cc1N(CC(=O)N(Cc1ccccc1Cl)[C@@H](C)C(=O)NC(C)(C)C)S(=O)(=O)c1ccc(C)c([N+](=O)[O-])c1. The Kier molecular flexibility index (Phi) is 10.9. The summed E-state index contributed by atoms with van der Waals surface area (Å²) < 4.78 is 34.6. The Labute approximate surface area is 266 Å². The van der Waals surface area contributed by atoms with Crippen molar-refractivity contribution in [1.29, 1.82) is 0 Å². The highest BCUT2D eigenvalue weighted by molar-refractivity contribution is 7.92. The van der Waals surface area contributed by atoms with Crippen LogP contribution in [0.3, 0.4) is 0 Å². The van der Waals surface area contributed by atoms with Crippen molar-refractivity contribution in [2.75, 3.05) is 18.0 Å². The lowest BCUT2D eigenvalue weighted by molar-refractivity contribution is -0.385. The molecule has 1 atom stereocenters. The number of methoxy groups -OCH3 is 1. The molecule has 11 nitrogen and oxygen atoms in total. The summed E-state index contributed by atoms with van der Waals surface area (Å²) in [5.41, 5.74) is -0.332. The van der Waals surface area contributed by atoms with Crippen LogP contribution in [-0.4, -0.2) is 55.3 Å². The Balaban J connectivity index is 2.18. The predicted octanol–water partition coefficient (Wildman–Crippen LogP) is 5.75. The second-order valence-electron chi connectivity index (χ2n) is 11.1. The van der Waals surface area contributed by atoms with Gasteiger partial charge in [-0.05, 0) is 70.5 Å². The largest absolute Gasteiger partial charge is 0.495 e. The van der Waals surface area contributed by atoms with Gasteiger partial charge in [0.1, 0.15) is 18.3 Å². The van der Waals surface area contributed by atoms with Gasteiger partial charge in [-0.1, -0.05) is 47.5 Å². The van der Waals surface area contributed by atoms with Crippen LogP contribution in [0.4, 0.5) is 11.4 Å². The Morgan fingerprint density at radius 1 is 1.07 bits per heavy atom. The molecule has 0 spiro atoms. The number of nitrogens with one attached hydrogen (secondary N) is 1. The van der Waals surface area contributed by atoms with E-state index in [2.05, 4.69) is 5.32 Å². The Bertz CT molecular complexity index is 1680. The molecule has 0 aliphatic rings. The number of hydrogen-bond donors (Lipinski definition) is 1. The Morgan fingerprint density at radius 3 is 2.32 bits per heavy atom. The maximum Gasteiger partial charge on any atom is 0.273 e. The third-order valence-electron chi connectivity index (χ3n) is 6.62. The van der Waals surface area contributed by atoms with Crippen LogP contribution in [0.5, 0.6) is 5.75 Å². The zero-order chi connectivity index (χ0) is 33.0. The van der Waals surface area contributed by atoms with Crippen molar-refractivity contribution in [2.24, 2.45) is 0 Å². The number of carbonyl (C=O) groups excluding carboxylic acids is 2. The number of nitrogens with zero attached hydrogens (tertiary/aromatic N) is 3. The minimum atomic E-state index is -4.64. The van der Waals surface area contributed by atoms with Crippen LogP contribution in [-0.2, 0) is 26.2 Å². The van der Waals surface area contributed by atoms with Gasteiger partial charge in [-0.2, -0.15) is 0 Å². The van der Waals surface area contributed by atoms with Crippen molar-refractivity contribution in [3.63, 3.8) is 0 Å². The predicted molar refractivity (Wildman–Crippen MR) is 170 cm³/mol. The first kappa shape index (κ1) is 34.6. The molecule has 3 rings (SSSR count). The van der Waals surface area contributed by atoms with Gasteiger partial charge in [-0.25, -0.2) is 8.42 Å². The molecule has 0 saturated carbocycles. The fourth-order valence-corrected chi connectivity index (χ4v) is 6.11. The van der Waals surface area contributed by atoms with Gasteiger partial charge < -0.3 is 15.0 Å². The first-order chi connectivity index (χ1) is 20.5. The van der Waals surface area contributed by atoms with Crippen LogP contribution in [0.25, 0.3) is 0 Å². The third kappa shape index (κ3) is 8.19. The second-order valence-corrected chi connectivity index (χ2v) is 13.8. The van der Waals surface area contributed by atoms with Gasteiger partial charge in [0.25, 0.3) is 15.7 Å². The van der Waals surface area contributed by atoms with E-state index in [0.29, 0.717) is 10.6 Å². The minimum Gasteiger partial charge on any atom is -0.495 e. The number of halogens is 2. The molecule has 0 bridgehead atoms. The lowest BCUT2D eigenvalue weighted by Crippen LogP contribution is -2.54. The number of hydrogen-bond acceptors (Lipinski definition) is 7. The fraction of sp³-hybridized carbons (Fsp3) is 0.333. The van der Waals surface area contributed by atoms with Crippen molar-refractivity contribution in [2.45, 2.75) is 57.6 Å². The van der Waals surface area contributed by atoms with Gasteiger partial charge in [-0.3, -0.25) is 24.0 Å². The van der Waals surface area contributed by atoms with E-state index in [-0.39, 0.29) is 28.6 Å². The molecule has 0 aliphatic carbocycles. The van der Waals surface area contributed by atoms with Crippen LogP contribution in [0, 0.1) is 17.0 Å². The van der Waals surface area contributed by atoms with E-state index >= 15 is 0 Å². The van der Waals surface area contributed by atoms with Crippen LogP contribution in [0.15, 0.2) is 65.6 Å². The first-order valence-electron chi connectivity index (χ1n) is 13.4. The summed E-state index contributed by atoms with van der Waals surface area (Å²) in [5.74, 6) is -1.15. The lowest BCUT2D eigenvalue weighted by atomic mass is 10.1. The van der Waals surface area contributed by atoms with Crippen LogP contribution in [0.1, 0.15) is 38.8 Å². The second kappa shape index (κ2) is 13.8. The molecule has 0 fully saturated rings. The van der Waals surface area contributed by atoms with Crippen molar-refractivity contribution in [1.82, 2.24) is 10.2 Å². The molecule has 0 aromatic heterocycles. The highest BCUT2D eigenvalue weighted by Gasteiger charge is 2.35. The average Bonchev–Trinajstić information content (AvgIpc) is 2.94. The molecular weight excluding hydrogens is 631 g/mol. The molecule has 0 unspecified atom stereocenters. The summed E-state index contributed by atoms with van der Waals surface area (Å²) >= 11 is 12.6. The fourth-order valence-electron chi connectivity index (χ4n) is 4.31. The molecule has 0 saturated heterocycles. The van der Waals surface area contributed by atoms with Crippen molar-refractivity contribution >= 4 is 56.4 Å². The van der Waals surface area contributed by atoms with Gasteiger partial charge >= 0.3 is 0 Å². The van der Waals surface area contributed by atoms with E-state index < -0.39 is 55.5 Å². The summed E-state index contributed by atoms with van der Waals surface area (Å²) in [4.78, 5) is 39.2. The van der Waals surface area contributed by atoms with Gasteiger partial charge in [0.05, 0.1) is 22.6 Å². The molecule has 44 heavy (non-hydrogen) atoms. The van der Waals surface area contributed by atoms with E-state index in [9.17, 15) is 28.1 Å². The molecule has 0 aliphatic heterocycles. The summed E-state index contributed by atoms with van der Waals surface area (Å²) in [5, 5.41) is 15.0. The molecule has 2 amide bonds. The standard InChI is InChI=1S/C30H34Cl2N4O7S/c1-19-11-13-23(16-25(19)36(39)40)44(41,42)35(26-15-22(31)12-14-27(26)43-6)18-28(37)34(17-21-9-7-8-10-24(21)32)20(2)29(38)33-30(3,4)5/h7-16,20H,17-18H2,1-6H3,(H,33,38)/t20-/m0/s1. The van der Waals surface area contributed by atoms with E-state index in [0.717, 1.165) is 10.4 Å². The number of sulfonamides is 1. The monoisotopic (exact) mass is 664 g/mol. The normalized spacial score (nSPS) is 12.3. The van der Waals surface area contributed by atoms with Crippen molar-refractivity contribution < 1.29 is 27.7 Å². The number of rotatable bonds is 11. The van der Waals surface area contributed by atoms with Crippen LogP contribution < -0.4 is 14.4 Å². The zero-order valence-corrected chi connectivity index (χ0v) is 27.5. The van der Waals surface area contributed by atoms with Crippen LogP contribution >= 0.6 is 23.2 Å². The Hall–Kier alpha value is -3.87.